The molecule has 2 bridgehead atoms. The van der Waals surface area contributed by atoms with E-state index in [2.05, 4.69) is 297 Å². The first-order valence-electron chi connectivity index (χ1n) is 27.8. The summed E-state index contributed by atoms with van der Waals surface area (Å²) in [7, 11) is 0. The van der Waals surface area contributed by atoms with E-state index >= 15 is 0 Å². The second-order valence-corrected chi connectivity index (χ2v) is 21.6. The summed E-state index contributed by atoms with van der Waals surface area (Å²) in [6.45, 7) is -0.500. The number of nitrogens with zero attached hydrogens (tertiary/aromatic N) is 5. The first kappa shape index (κ1) is 44.4. The van der Waals surface area contributed by atoms with Gasteiger partial charge in [-0.2, -0.15) is 0 Å². The third-order valence-electron chi connectivity index (χ3n) is 17.3. The van der Waals surface area contributed by atoms with Crippen molar-refractivity contribution in [3.8, 4) is 28.7 Å². The van der Waals surface area contributed by atoms with Gasteiger partial charge >= 0.3 is 0 Å². The minimum absolute atomic E-state index is 0.240. The number of rotatable bonds is 7. The van der Waals surface area contributed by atoms with Crippen LogP contribution in [0.2, 0.25) is 0 Å². The topological polar surface area (TPSA) is 36.4 Å². The highest BCUT2D eigenvalue weighted by Crippen LogP contribution is 2.51. The summed E-state index contributed by atoms with van der Waals surface area (Å²) < 4.78 is 17.9. The molecule has 376 valence electrons. The molecule has 0 saturated heterocycles. The molecule has 9 heteroatoms. The van der Waals surface area contributed by atoms with E-state index in [1.165, 1.54) is 21.7 Å². The maximum atomic E-state index is 7.76. The smallest absolute Gasteiger partial charge is 0.261 e. The monoisotopic (exact) mass is 1030 g/mol. The first-order valence-corrected chi connectivity index (χ1v) is 27.8. The molecule has 0 fully saturated rings. The Morgan fingerprint density at radius 1 is 0.272 bits per heavy atom. The Hall–Kier alpha value is -10.6. The summed E-state index contributed by atoms with van der Waals surface area (Å²) in [5.74, 6) is 3.24. The maximum Gasteiger partial charge on any atom is 0.261 e. The number of ether oxygens (including phenoxy) is 2. The minimum atomic E-state index is -0.260. The Kier molecular flexibility index (Phi) is 9.28. The van der Waals surface area contributed by atoms with Gasteiger partial charge in [0, 0.05) is 85.5 Å². The van der Waals surface area contributed by atoms with Crippen LogP contribution in [0, 0.1) is 0 Å². The molecule has 0 aliphatic carbocycles. The second-order valence-electron chi connectivity index (χ2n) is 21.6. The summed E-state index contributed by atoms with van der Waals surface area (Å²) in [6, 6.07) is 99.0. The maximum absolute atomic E-state index is 7.76. The van der Waals surface area contributed by atoms with Crippen molar-refractivity contribution in [2.75, 3.05) is 19.6 Å². The van der Waals surface area contributed by atoms with Crippen molar-refractivity contribution in [3.63, 3.8) is 0 Å². The van der Waals surface area contributed by atoms with Crippen molar-refractivity contribution in [2.24, 2.45) is 0 Å². The largest absolute Gasteiger partial charge is 0.458 e. The van der Waals surface area contributed by atoms with Crippen LogP contribution in [-0.4, -0.2) is 18.0 Å². The zero-order chi connectivity index (χ0) is 52.9. The van der Waals surface area contributed by atoms with Gasteiger partial charge in [0.15, 0.2) is 0 Å². The third-order valence-corrected chi connectivity index (χ3v) is 17.3. The molecule has 7 nitrogen and oxygen atoms in total. The molecule has 0 unspecified atom stereocenters. The van der Waals surface area contributed by atoms with Crippen molar-refractivity contribution in [3.05, 3.63) is 273 Å². The molecule has 81 heavy (non-hydrogen) atoms. The molecule has 12 aromatic carbocycles. The summed E-state index contributed by atoms with van der Waals surface area (Å²) in [5.41, 5.74) is 22.9. The third kappa shape index (κ3) is 6.31. The van der Waals surface area contributed by atoms with E-state index in [1.54, 1.807) is 0 Å². The average Bonchev–Trinajstić information content (AvgIpc) is 3.97. The number of hydrogen-bond donors (Lipinski definition) is 0. The highest BCUT2D eigenvalue weighted by molar-refractivity contribution is 7.03. The molecule has 13 aromatic rings. The second kappa shape index (κ2) is 16.9. The van der Waals surface area contributed by atoms with Crippen molar-refractivity contribution in [2.45, 2.75) is 0 Å². The van der Waals surface area contributed by atoms with Crippen LogP contribution in [0.3, 0.4) is 0 Å². The van der Waals surface area contributed by atoms with Gasteiger partial charge in [-0.25, -0.2) is 0 Å². The van der Waals surface area contributed by atoms with E-state index in [4.69, 9.17) is 9.47 Å². The Labute approximate surface area is 469 Å². The fourth-order valence-electron chi connectivity index (χ4n) is 14.1. The fraction of sp³-hybridized carbons (Fsp3) is 0. The molecule has 18 rings (SSSR count). The molecule has 5 aliphatic heterocycles. The van der Waals surface area contributed by atoms with Gasteiger partial charge in [-0.1, -0.05) is 146 Å². The van der Waals surface area contributed by atoms with Crippen LogP contribution in [0.25, 0.3) is 27.5 Å². The van der Waals surface area contributed by atoms with Gasteiger partial charge in [0.05, 0.1) is 22.4 Å². The number of fused-ring (bicyclic) bond motifs is 3. The predicted molar refractivity (Wildman–Crippen MR) is 335 cm³/mol. The molecule has 6 heterocycles. The Balaban J connectivity index is 0.965. The van der Waals surface area contributed by atoms with Gasteiger partial charge < -0.3 is 33.6 Å². The summed E-state index contributed by atoms with van der Waals surface area (Å²) in [5, 5.41) is 2.43. The number of aromatic nitrogens is 1. The van der Waals surface area contributed by atoms with E-state index in [-0.39, 0.29) is 13.4 Å². The molecule has 0 N–H and O–H groups in total. The number of benzene rings is 12. The number of para-hydroxylation sites is 7. The molecule has 0 radical (unpaired) electrons. The highest BCUT2D eigenvalue weighted by atomic mass is 16.5. The van der Waals surface area contributed by atoms with Crippen LogP contribution >= 0.6 is 0 Å². The van der Waals surface area contributed by atoms with Crippen LogP contribution in [0.1, 0.15) is 0 Å². The van der Waals surface area contributed by atoms with E-state index in [9.17, 15) is 0 Å². The van der Waals surface area contributed by atoms with Crippen LogP contribution in [0.15, 0.2) is 273 Å². The van der Waals surface area contributed by atoms with Gasteiger partial charge in [-0.05, 0) is 148 Å². The normalized spacial score (nSPS) is 13.5. The van der Waals surface area contributed by atoms with Crippen LogP contribution in [-0.2, 0) is 0 Å². The van der Waals surface area contributed by atoms with Crippen LogP contribution in [0.4, 0.5) is 68.2 Å². The molecular formula is C72H45B2N5O2. The lowest BCUT2D eigenvalue weighted by Gasteiger charge is -2.46. The number of anilines is 12. The Morgan fingerprint density at radius 2 is 0.704 bits per heavy atom. The molecule has 0 spiro atoms. The van der Waals surface area contributed by atoms with E-state index < -0.39 is 0 Å². The van der Waals surface area contributed by atoms with Crippen molar-refractivity contribution in [1.29, 1.82) is 0 Å². The SMILES string of the molecule is c1ccc(N(c2ccccc2)c2cc3c4c(c2)N(c2ccccc2)c2cccc5c2B4c2cc4c(cc2O3)N(c2ccccc2)c2cc(-n3c6ccccc6c6ccccc63)cc3c2B4c2c(cccc2N3c2ccccc2)O5)cc1. The molecule has 0 amide bonds. The molecule has 1 aromatic heterocycles. The van der Waals surface area contributed by atoms with E-state index in [0.29, 0.717) is 0 Å². The quantitative estimate of drug-likeness (QED) is 0.148. The van der Waals surface area contributed by atoms with Gasteiger partial charge in [-0.3, -0.25) is 0 Å². The van der Waals surface area contributed by atoms with Crippen LogP contribution in [0.5, 0.6) is 23.0 Å². The molecule has 5 aliphatic rings. The van der Waals surface area contributed by atoms with E-state index in [0.717, 1.165) is 130 Å². The van der Waals surface area contributed by atoms with Crippen LogP contribution < -0.4 is 61.9 Å². The number of hydrogen-bond acceptors (Lipinski definition) is 6. The lowest BCUT2D eigenvalue weighted by Crippen LogP contribution is -2.65. The van der Waals surface area contributed by atoms with Crippen molar-refractivity contribution in [1.82, 2.24) is 4.57 Å². The van der Waals surface area contributed by atoms with E-state index in [1.807, 2.05) is 0 Å². The molecule has 0 saturated carbocycles. The molecule has 0 atom stereocenters. The minimum Gasteiger partial charge on any atom is -0.458 e. The van der Waals surface area contributed by atoms with Crippen molar-refractivity contribution < 1.29 is 9.47 Å². The van der Waals surface area contributed by atoms with Crippen molar-refractivity contribution >= 4 is 136 Å². The standard InChI is InChI=1S/C72H45B2N5O2/c1-6-22-46(23-7-1)75(47-24-8-2-9-25-47)52-42-64-72-68(43-52)81-67-45-61-55-44-56(67)74(72)71-60(77(64)49-28-12-4-13-29-49)37-21-39-66(71)80-65-38-20-36-59-70(65)73(55)69-62(76(59)48-26-10-3-11-27-48)40-51(41-63(69)78(61)50-30-14-5-15-31-50)79-57-34-18-16-32-53(57)54-33-17-19-35-58(54)79/h1-45H. The lowest BCUT2D eigenvalue weighted by molar-refractivity contribution is 0.486. The zero-order valence-electron chi connectivity index (χ0n) is 43.7. The van der Waals surface area contributed by atoms with Gasteiger partial charge in [0.1, 0.15) is 23.0 Å². The summed E-state index contributed by atoms with van der Waals surface area (Å²) >= 11 is 0. The lowest BCUT2D eigenvalue weighted by atomic mass is 9.30. The average molecular weight is 1030 g/mol. The van der Waals surface area contributed by atoms with Gasteiger partial charge in [0.2, 0.25) is 0 Å². The Morgan fingerprint density at radius 3 is 1.23 bits per heavy atom. The fourth-order valence-corrected chi connectivity index (χ4v) is 14.1. The van der Waals surface area contributed by atoms with Gasteiger partial charge in [-0.15, -0.1) is 0 Å². The molecular weight excluding hydrogens is 988 g/mol. The highest BCUT2D eigenvalue weighted by Gasteiger charge is 2.50. The first-order chi connectivity index (χ1) is 40.2. The predicted octanol–water partition coefficient (Wildman–Crippen LogP) is 14.8. The summed E-state index contributed by atoms with van der Waals surface area (Å²) in [6.07, 6.45) is 0. The Bertz CT molecular complexity index is 4660. The summed E-state index contributed by atoms with van der Waals surface area (Å²) in [4.78, 5) is 9.73. The zero-order valence-corrected chi connectivity index (χ0v) is 43.7. The van der Waals surface area contributed by atoms with Gasteiger partial charge in [0.25, 0.3) is 13.4 Å².